The van der Waals surface area contributed by atoms with Gasteiger partial charge in [0, 0.05) is 6.54 Å². The molecule has 18 heavy (non-hydrogen) atoms. The van der Waals surface area contributed by atoms with Gasteiger partial charge in [-0.3, -0.25) is 4.79 Å². The van der Waals surface area contributed by atoms with Gasteiger partial charge in [0.1, 0.15) is 0 Å². The molecule has 2 aliphatic carbocycles. The number of carbonyl (C=O) groups is 1. The van der Waals surface area contributed by atoms with Crippen molar-refractivity contribution in [2.45, 2.75) is 70.8 Å². The first-order chi connectivity index (χ1) is 8.59. The van der Waals surface area contributed by atoms with Crippen LogP contribution in [0.3, 0.4) is 0 Å². The minimum absolute atomic E-state index is 0.0636. The van der Waals surface area contributed by atoms with E-state index in [2.05, 4.69) is 12.2 Å². The second-order valence-electron chi connectivity index (χ2n) is 6.73. The highest BCUT2D eigenvalue weighted by molar-refractivity contribution is 5.81. The number of rotatable bonds is 5. The topological polar surface area (TPSA) is 55.1 Å². The summed E-state index contributed by atoms with van der Waals surface area (Å²) >= 11 is 0. The lowest BCUT2D eigenvalue weighted by molar-refractivity contribution is -0.123. The third-order valence-corrected chi connectivity index (χ3v) is 4.90. The molecular formula is C15H28N2O. The van der Waals surface area contributed by atoms with E-state index >= 15 is 0 Å². The van der Waals surface area contributed by atoms with Crippen LogP contribution in [0.2, 0.25) is 0 Å². The molecule has 3 N–H and O–H groups in total. The van der Waals surface area contributed by atoms with E-state index in [1.54, 1.807) is 0 Å². The summed E-state index contributed by atoms with van der Waals surface area (Å²) in [6.07, 6.45) is 11.2. The largest absolute Gasteiger partial charge is 0.354 e. The zero-order chi connectivity index (χ0) is 13.0. The van der Waals surface area contributed by atoms with Gasteiger partial charge in [0.05, 0.1) is 6.04 Å². The van der Waals surface area contributed by atoms with Crippen LogP contribution in [-0.4, -0.2) is 18.5 Å². The summed E-state index contributed by atoms with van der Waals surface area (Å²) in [6, 6.07) is -0.295. The summed E-state index contributed by atoms with van der Waals surface area (Å²) in [6.45, 7) is 3.06. The van der Waals surface area contributed by atoms with Crippen LogP contribution in [0.25, 0.3) is 0 Å². The molecular weight excluding hydrogens is 224 g/mol. The van der Waals surface area contributed by atoms with Crippen LogP contribution in [0, 0.1) is 11.3 Å². The molecule has 0 bridgehead atoms. The number of nitrogens with one attached hydrogen (secondary N) is 1. The maximum Gasteiger partial charge on any atom is 0.236 e. The summed E-state index contributed by atoms with van der Waals surface area (Å²) in [4.78, 5) is 12.0. The van der Waals surface area contributed by atoms with Crippen LogP contribution in [0.1, 0.15) is 64.7 Å². The van der Waals surface area contributed by atoms with Gasteiger partial charge in [-0.1, -0.05) is 45.4 Å². The van der Waals surface area contributed by atoms with E-state index in [4.69, 9.17) is 5.73 Å². The molecule has 0 aromatic heterocycles. The highest BCUT2D eigenvalue weighted by atomic mass is 16.2. The molecule has 0 saturated heterocycles. The van der Waals surface area contributed by atoms with Gasteiger partial charge in [0.15, 0.2) is 0 Å². The zero-order valence-corrected chi connectivity index (χ0v) is 11.7. The molecule has 0 aromatic rings. The van der Waals surface area contributed by atoms with Gasteiger partial charge in [-0.25, -0.2) is 0 Å². The molecule has 1 amide bonds. The van der Waals surface area contributed by atoms with Crippen molar-refractivity contribution < 1.29 is 4.79 Å². The lowest BCUT2D eigenvalue weighted by Crippen LogP contribution is -2.47. The molecule has 2 saturated carbocycles. The Morgan fingerprint density at radius 2 is 1.94 bits per heavy atom. The summed E-state index contributed by atoms with van der Waals surface area (Å²) in [7, 11) is 0. The molecule has 0 aliphatic heterocycles. The third kappa shape index (κ3) is 3.71. The number of carbonyl (C=O) groups excluding carboxylic acids is 1. The Labute approximate surface area is 111 Å². The van der Waals surface area contributed by atoms with Crippen molar-refractivity contribution in [3.05, 3.63) is 0 Å². The minimum Gasteiger partial charge on any atom is -0.354 e. The molecule has 1 unspecified atom stereocenters. The van der Waals surface area contributed by atoms with Gasteiger partial charge in [-0.05, 0) is 30.6 Å². The fourth-order valence-electron chi connectivity index (χ4n) is 3.28. The lowest BCUT2D eigenvalue weighted by atomic mass is 9.70. The molecule has 0 radical (unpaired) electrons. The predicted octanol–water partition coefficient (Wildman–Crippen LogP) is 2.59. The lowest BCUT2D eigenvalue weighted by Gasteiger charge is -2.38. The maximum absolute atomic E-state index is 12.0. The van der Waals surface area contributed by atoms with Crippen LogP contribution in [0.15, 0.2) is 0 Å². The predicted molar refractivity (Wildman–Crippen MR) is 74.1 cm³/mol. The van der Waals surface area contributed by atoms with Gasteiger partial charge in [0.25, 0.3) is 0 Å². The van der Waals surface area contributed by atoms with Gasteiger partial charge in [-0.2, -0.15) is 0 Å². The third-order valence-electron chi connectivity index (χ3n) is 4.90. The van der Waals surface area contributed by atoms with Crippen molar-refractivity contribution in [1.29, 1.82) is 0 Å². The zero-order valence-electron chi connectivity index (χ0n) is 11.7. The quantitative estimate of drug-likeness (QED) is 0.790. The standard InChI is InChI=1S/C15H28N2O/c1-15(8-5-9-15)11-17-14(18)13(16)10-12-6-3-2-4-7-12/h12-13H,2-11,16H2,1H3,(H,17,18). The summed E-state index contributed by atoms with van der Waals surface area (Å²) in [5, 5.41) is 3.05. The maximum atomic E-state index is 12.0. The second-order valence-corrected chi connectivity index (χ2v) is 6.73. The van der Waals surface area contributed by atoms with E-state index in [1.807, 2.05) is 0 Å². The number of nitrogens with two attached hydrogens (primary N) is 1. The highest BCUT2D eigenvalue weighted by Gasteiger charge is 2.32. The highest BCUT2D eigenvalue weighted by Crippen LogP contribution is 2.39. The van der Waals surface area contributed by atoms with Crippen LogP contribution >= 0.6 is 0 Å². The first kappa shape index (κ1) is 13.9. The van der Waals surface area contributed by atoms with Crippen molar-refractivity contribution >= 4 is 5.91 Å². The minimum atomic E-state index is -0.295. The Kier molecular flexibility index (Phi) is 4.66. The van der Waals surface area contributed by atoms with Crippen molar-refractivity contribution in [3.63, 3.8) is 0 Å². The van der Waals surface area contributed by atoms with Crippen LogP contribution in [0.4, 0.5) is 0 Å². The molecule has 2 aliphatic rings. The van der Waals surface area contributed by atoms with Crippen molar-refractivity contribution in [3.8, 4) is 0 Å². The normalized spacial score (nSPS) is 25.2. The summed E-state index contributed by atoms with van der Waals surface area (Å²) in [5.74, 6) is 0.743. The molecule has 3 nitrogen and oxygen atoms in total. The molecule has 2 fully saturated rings. The first-order valence-corrected chi connectivity index (χ1v) is 7.62. The smallest absolute Gasteiger partial charge is 0.236 e. The van der Waals surface area contributed by atoms with Crippen molar-refractivity contribution in [2.75, 3.05) is 6.54 Å². The van der Waals surface area contributed by atoms with Crippen LogP contribution in [0.5, 0.6) is 0 Å². The molecule has 104 valence electrons. The number of hydrogen-bond donors (Lipinski definition) is 2. The molecule has 0 aromatic carbocycles. The van der Waals surface area contributed by atoms with E-state index in [0.29, 0.717) is 11.3 Å². The second kappa shape index (κ2) is 6.05. The molecule has 0 spiro atoms. The van der Waals surface area contributed by atoms with E-state index < -0.39 is 0 Å². The Hall–Kier alpha value is -0.570. The molecule has 3 heteroatoms. The monoisotopic (exact) mass is 252 g/mol. The van der Waals surface area contributed by atoms with E-state index in [9.17, 15) is 4.79 Å². The van der Waals surface area contributed by atoms with Gasteiger partial charge in [-0.15, -0.1) is 0 Å². The van der Waals surface area contributed by atoms with Crippen molar-refractivity contribution in [1.82, 2.24) is 5.32 Å². The Morgan fingerprint density at radius 1 is 1.28 bits per heavy atom. The fraction of sp³-hybridized carbons (Fsp3) is 0.933. The van der Waals surface area contributed by atoms with E-state index in [0.717, 1.165) is 13.0 Å². The Balaban J connectivity index is 1.67. The Bertz CT molecular complexity index is 280. The van der Waals surface area contributed by atoms with Gasteiger partial charge >= 0.3 is 0 Å². The summed E-state index contributed by atoms with van der Waals surface area (Å²) in [5.41, 5.74) is 6.37. The fourth-order valence-corrected chi connectivity index (χ4v) is 3.28. The number of amides is 1. The molecule has 1 atom stereocenters. The average Bonchev–Trinajstić information content (AvgIpc) is 2.34. The van der Waals surface area contributed by atoms with Gasteiger partial charge in [0.2, 0.25) is 5.91 Å². The SMILES string of the molecule is CC1(CNC(=O)C(N)CC2CCCCC2)CCC1. The molecule has 0 heterocycles. The average molecular weight is 252 g/mol. The van der Waals surface area contributed by atoms with Crippen LogP contribution < -0.4 is 11.1 Å². The van der Waals surface area contributed by atoms with Crippen LogP contribution in [-0.2, 0) is 4.79 Å². The Morgan fingerprint density at radius 3 is 2.50 bits per heavy atom. The van der Waals surface area contributed by atoms with E-state index in [1.165, 1.54) is 51.4 Å². The van der Waals surface area contributed by atoms with Crippen molar-refractivity contribution in [2.24, 2.45) is 17.1 Å². The van der Waals surface area contributed by atoms with Gasteiger partial charge < -0.3 is 11.1 Å². The molecule has 2 rings (SSSR count). The number of hydrogen-bond acceptors (Lipinski definition) is 2. The first-order valence-electron chi connectivity index (χ1n) is 7.62. The summed E-state index contributed by atoms with van der Waals surface area (Å²) < 4.78 is 0. The van der Waals surface area contributed by atoms with E-state index in [-0.39, 0.29) is 11.9 Å².